The standard InChI is InChI=1S/C30H34F2N2O6/c1-20(35)16-30(19-31,25-8-6-7-9-26(25)32)33-29(36)34(17-21-10-12-23(37-2)14-27(21)39-4)18-22-11-13-24(38-3)15-28(22)40-5/h6-15H,16-19H2,1-5H3,(H,33,36)/t30-/m1/s1. The van der Waals surface area contributed by atoms with Crippen LogP contribution in [0.3, 0.4) is 0 Å². The van der Waals surface area contributed by atoms with E-state index in [1.807, 2.05) is 0 Å². The normalized spacial score (nSPS) is 12.2. The van der Waals surface area contributed by atoms with Gasteiger partial charge < -0.3 is 29.2 Å². The summed E-state index contributed by atoms with van der Waals surface area (Å²) in [5.41, 5.74) is -0.769. The molecule has 0 radical (unpaired) electrons. The van der Waals surface area contributed by atoms with Crippen molar-refractivity contribution < 1.29 is 37.3 Å². The van der Waals surface area contributed by atoms with Crippen molar-refractivity contribution in [1.82, 2.24) is 10.2 Å². The first-order valence-corrected chi connectivity index (χ1v) is 12.5. The maximum Gasteiger partial charge on any atom is 0.318 e. The number of alkyl halides is 1. The Balaban J connectivity index is 2.07. The lowest BCUT2D eigenvalue weighted by Gasteiger charge is -2.35. The van der Waals surface area contributed by atoms with E-state index in [4.69, 9.17) is 18.9 Å². The lowest BCUT2D eigenvalue weighted by atomic mass is 9.86. The molecule has 0 spiro atoms. The van der Waals surface area contributed by atoms with Crippen LogP contribution in [0.2, 0.25) is 0 Å². The van der Waals surface area contributed by atoms with Gasteiger partial charge in [-0.2, -0.15) is 0 Å². The Kier molecular flexibility index (Phi) is 10.3. The summed E-state index contributed by atoms with van der Waals surface area (Å²) in [6.07, 6.45) is -0.443. The van der Waals surface area contributed by atoms with Crippen LogP contribution in [0.15, 0.2) is 60.7 Å². The molecule has 3 aromatic carbocycles. The van der Waals surface area contributed by atoms with Gasteiger partial charge in [-0.15, -0.1) is 0 Å². The van der Waals surface area contributed by atoms with Crippen molar-refractivity contribution in [2.75, 3.05) is 35.1 Å². The van der Waals surface area contributed by atoms with E-state index in [9.17, 15) is 18.4 Å². The third-order valence-corrected chi connectivity index (χ3v) is 6.51. The number of ether oxygens (including phenoxy) is 4. The molecule has 0 unspecified atom stereocenters. The minimum absolute atomic E-state index is 0.0217. The highest BCUT2D eigenvalue weighted by Crippen LogP contribution is 2.32. The smallest absolute Gasteiger partial charge is 0.318 e. The number of nitrogens with one attached hydrogen (secondary N) is 1. The topological polar surface area (TPSA) is 86.3 Å². The summed E-state index contributed by atoms with van der Waals surface area (Å²) < 4.78 is 51.3. The molecule has 40 heavy (non-hydrogen) atoms. The van der Waals surface area contributed by atoms with Gasteiger partial charge in [0.15, 0.2) is 0 Å². The minimum Gasteiger partial charge on any atom is -0.497 e. The number of hydrogen-bond acceptors (Lipinski definition) is 6. The molecule has 1 N–H and O–H groups in total. The van der Waals surface area contributed by atoms with E-state index in [0.717, 1.165) is 6.07 Å². The number of benzene rings is 3. The van der Waals surface area contributed by atoms with Crippen molar-refractivity contribution in [3.8, 4) is 23.0 Å². The van der Waals surface area contributed by atoms with Crippen LogP contribution < -0.4 is 24.3 Å². The van der Waals surface area contributed by atoms with E-state index in [2.05, 4.69) is 5.32 Å². The first-order valence-electron chi connectivity index (χ1n) is 12.5. The number of hydrogen-bond donors (Lipinski definition) is 1. The van der Waals surface area contributed by atoms with Crippen LogP contribution in [0.1, 0.15) is 30.0 Å². The van der Waals surface area contributed by atoms with Crippen molar-refractivity contribution in [2.45, 2.75) is 32.0 Å². The van der Waals surface area contributed by atoms with Gasteiger partial charge in [-0.05, 0) is 37.3 Å². The van der Waals surface area contributed by atoms with Crippen LogP contribution in [-0.4, -0.2) is 51.8 Å². The van der Waals surface area contributed by atoms with Crippen molar-refractivity contribution in [2.24, 2.45) is 0 Å². The van der Waals surface area contributed by atoms with E-state index < -0.39 is 36.3 Å². The molecule has 0 saturated heterocycles. The molecule has 0 fully saturated rings. The first-order chi connectivity index (χ1) is 19.2. The van der Waals surface area contributed by atoms with Crippen molar-refractivity contribution in [3.63, 3.8) is 0 Å². The number of methoxy groups -OCH3 is 4. The molecule has 3 rings (SSSR count). The fraction of sp³-hybridized carbons (Fsp3) is 0.333. The van der Waals surface area contributed by atoms with Crippen LogP contribution in [0.25, 0.3) is 0 Å². The molecule has 0 bridgehead atoms. The van der Waals surface area contributed by atoms with Gasteiger partial charge in [-0.3, -0.25) is 4.79 Å². The lowest BCUT2D eigenvalue weighted by Crippen LogP contribution is -2.53. The summed E-state index contributed by atoms with van der Waals surface area (Å²) >= 11 is 0. The Morgan fingerprint density at radius 3 is 1.77 bits per heavy atom. The average Bonchev–Trinajstić information content (AvgIpc) is 2.96. The highest BCUT2D eigenvalue weighted by molar-refractivity contribution is 5.80. The highest BCUT2D eigenvalue weighted by Gasteiger charge is 2.39. The maximum absolute atomic E-state index is 14.9. The second-order valence-corrected chi connectivity index (χ2v) is 9.22. The first kappa shape index (κ1) is 30.2. The summed E-state index contributed by atoms with van der Waals surface area (Å²) in [4.78, 5) is 27.5. The number of halogens is 2. The molecule has 0 aliphatic heterocycles. The van der Waals surface area contributed by atoms with Gasteiger partial charge in [0.2, 0.25) is 0 Å². The third kappa shape index (κ3) is 6.99. The fourth-order valence-electron chi connectivity index (χ4n) is 4.49. The third-order valence-electron chi connectivity index (χ3n) is 6.51. The van der Waals surface area contributed by atoms with E-state index in [-0.39, 0.29) is 18.7 Å². The summed E-state index contributed by atoms with van der Waals surface area (Å²) in [6, 6.07) is 15.1. The van der Waals surface area contributed by atoms with E-state index >= 15 is 0 Å². The van der Waals surface area contributed by atoms with E-state index in [1.54, 1.807) is 36.4 Å². The molecule has 0 aliphatic carbocycles. The van der Waals surface area contributed by atoms with Gasteiger partial charge >= 0.3 is 6.03 Å². The number of rotatable bonds is 13. The molecule has 8 nitrogen and oxygen atoms in total. The predicted molar refractivity (Wildman–Crippen MR) is 146 cm³/mol. The maximum atomic E-state index is 14.9. The zero-order valence-corrected chi connectivity index (χ0v) is 23.3. The summed E-state index contributed by atoms with van der Waals surface area (Å²) in [7, 11) is 6.04. The van der Waals surface area contributed by atoms with Gasteiger partial charge in [-0.25, -0.2) is 13.6 Å². The molecule has 2 amide bonds. The Bertz CT molecular complexity index is 1280. The van der Waals surface area contributed by atoms with Crippen molar-refractivity contribution >= 4 is 11.8 Å². The Labute approximate surface area is 232 Å². The van der Waals surface area contributed by atoms with E-state index in [1.165, 1.54) is 58.5 Å². The van der Waals surface area contributed by atoms with Crippen LogP contribution >= 0.6 is 0 Å². The molecular formula is C30H34F2N2O6. The molecule has 10 heteroatoms. The van der Waals surface area contributed by atoms with Crippen molar-refractivity contribution in [3.05, 3.63) is 83.2 Å². The average molecular weight is 557 g/mol. The number of nitrogens with zero attached hydrogens (tertiary/aromatic N) is 1. The van der Waals surface area contributed by atoms with Gasteiger partial charge in [0, 0.05) is 35.2 Å². The van der Waals surface area contributed by atoms with Crippen molar-refractivity contribution in [1.29, 1.82) is 0 Å². The zero-order chi connectivity index (χ0) is 29.3. The minimum atomic E-state index is -1.92. The molecule has 0 aromatic heterocycles. The fourth-order valence-corrected chi connectivity index (χ4v) is 4.49. The second kappa shape index (κ2) is 13.6. The largest absolute Gasteiger partial charge is 0.497 e. The quantitative estimate of drug-likeness (QED) is 0.303. The lowest BCUT2D eigenvalue weighted by molar-refractivity contribution is -0.118. The molecule has 0 saturated carbocycles. The molecule has 214 valence electrons. The number of carbonyl (C=O) groups is 2. The second-order valence-electron chi connectivity index (χ2n) is 9.22. The molecule has 0 heterocycles. The highest BCUT2D eigenvalue weighted by atomic mass is 19.1. The van der Waals surface area contributed by atoms with Crippen LogP contribution in [0.5, 0.6) is 23.0 Å². The molecule has 0 aliphatic rings. The Morgan fingerprint density at radius 2 is 1.35 bits per heavy atom. The number of Topliss-reactive ketones (excluding diaryl/α,β-unsaturated/α-hetero) is 1. The molecule has 1 atom stereocenters. The number of urea groups is 1. The van der Waals surface area contributed by atoms with E-state index in [0.29, 0.717) is 34.1 Å². The Hall–Kier alpha value is -4.34. The van der Waals surface area contributed by atoms with Crippen LogP contribution in [0, 0.1) is 5.82 Å². The number of carbonyl (C=O) groups excluding carboxylic acids is 2. The summed E-state index contributed by atoms with van der Waals surface area (Å²) in [5.74, 6) is 0.905. The van der Waals surface area contributed by atoms with Gasteiger partial charge in [-0.1, -0.05) is 18.2 Å². The number of ketones is 1. The predicted octanol–water partition coefficient (Wildman–Crippen LogP) is 5.42. The molecular weight excluding hydrogens is 522 g/mol. The van der Waals surface area contributed by atoms with Gasteiger partial charge in [0.1, 0.15) is 46.8 Å². The monoisotopic (exact) mass is 556 g/mol. The Morgan fingerprint density at radius 1 is 0.825 bits per heavy atom. The summed E-state index contributed by atoms with van der Waals surface area (Å²) in [5, 5.41) is 2.65. The summed E-state index contributed by atoms with van der Waals surface area (Å²) in [6.45, 7) is 0.103. The van der Waals surface area contributed by atoms with Crippen LogP contribution in [-0.2, 0) is 23.4 Å². The number of amides is 2. The SMILES string of the molecule is COc1ccc(CN(Cc2ccc(OC)cc2OC)C(=O)N[C@@](CF)(CC(C)=O)c2ccccc2F)c(OC)c1. The zero-order valence-electron chi connectivity index (χ0n) is 23.3. The molecule has 3 aromatic rings. The van der Waals surface area contributed by atoms with Gasteiger partial charge in [0.25, 0.3) is 0 Å². The van der Waals surface area contributed by atoms with Crippen LogP contribution in [0.4, 0.5) is 13.6 Å². The van der Waals surface area contributed by atoms with Gasteiger partial charge in [0.05, 0.1) is 41.5 Å².